The topological polar surface area (TPSA) is 132 Å². The number of aliphatic hydroxyl groups excluding tert-OH is 2. The number of aromatic nitrogens is 4. The molecule has 3 N–H and O–H groups in total. The van der Waals surface area contributed by atoms with Gasteiger partial charge in [-0.3, -0.25) is 4.57 Å². The van der Waals surface area contributed by atoms with Crippen LogP contribution in [0.15, 0.2) is 85.2 Å². The van der Waals surface area contributed by atoms with Gasteiger partial charge in [0.05, 0.1) is 19.5 Å². The van der Waals surface area contributed by atoms with Crippen molar-refractivity contribution in [1.29, 1.82) is 0 Å². The number of methoxy groups -OCH3 is 1. The Morgan fingerprint density at radius 3 is 2.59 bits per heavy atom. The summed E-state index contributed by atoms with van der Waals surface area (Å²) in [5.41, 5.74) is -0.0590. The van der Waals surface area contributed by atoms with E-state index in [4.69, 9.17) is 19.2 Å². The molecular weight excluding hydrogens is 598 g/mol. The van der Waals surface area contributed by atoms with E-state index in [2.05, 4.69) is 9.97 Å². The molecule has 1 fully saturated rings. The first-order chi connectivity index (χ1) is 22.2. The second kappa shape index (κ2) is 11.7. The third-order valence-electron chi connectivity index (χ3n) is 8.76. The van der Waals surface area contributed by atoms with Crippen LogP contribution in [-0.4, -0.2) is 66.7 Å². The Hall–Kier alpha value is -4.49. The maximum atomic E-state index is 15.1. The van der Waals surface area contributed by atoms with Crippen LogP contribution in [0.25, 0.3) is 22.6 Å². The van der Waals surface area contributed by atoms with Crippen molar-refractivity contribution in [2.75, 3.05) is 13.7 Å². The maximum Gasteiger partial charge on any atom is 0.309 e. The molecule has 0 radical (unpaired) electrons. The number of ether oxygens (including phenoxy) is 3. The molecule has 12 heteroatoms. The van der Waals surface area contributed by atoms with Gasteiger partial charge in [0, 0.05) is 12.0 Å². The highest BCUT2D eigenvalue weighted by atomic mass is 19.3. The van der Waals surface area contributed by atoms with Crippen molar-refractivity contribution >= 4 is 11.2 Å². The standard InChI is InChI=1S/C34H32F2N4O6/c1-44-31-27-30(38-29(39-31)21-9-3-2-4-10-21)40(19-37-27)32-26(41)17-23(46-32)18-45-22-11-7-8-20(16-22)14-15-33(43)25-13-6-5-12-24(25)28(42)34(33,35)36/h2-13,16,19,23,26,28,32,41-43H,14-15,17-18H2,1H3/t23-,26+,28?,32+,33-/m0/s1. The lowest BCUT2D eigenvalue weighted by Crippen LogP contribution is -2.44. The number of aliphatic hydroxyl groups is 3. The summed E-state index contributed by atoms with van der Waals surface area (Å²) in [5.74, 6) is -2.49. The van der Waals surface area contributed by atoms with Crippen molar-refractivity contribution in [3.63, 3.8) is 0 Å². The minimum absolute atomic E-state index is 0.0380. The van der Waals surface area contributed by atoms with E-state index in [1.54, 1.807) is 41.0 Å². The minimum atomic E-state index is -3.73. The summed E-state index contributed by atoms with van der Waals surface area (Å²) >= 11 is 0. The molecule has 3 aromatic carbocycles. The Balaban J connectivity index is 1.03. The number of aryl methyl sites for hydroxylation is 1. The molecule has 7 rings (SSSR count). The molecule has 2 aliphatic rings. The van der Waals surface area contributed by atoms with Gasteiger partial charge in [-0.1, -0.05) is 66.7 Å². The minimum Gasteiger partial charge on any atom is -0.491 e. The van der Waals surface area contributed by atoms with Crippen molar-refractivity contribution in [2.24, 2.45) is 0 Å². The van der Waals surface area contributed by atoms with Crippen molar-refractivity contribution < 1.29 is 38.3 Å². The molecule has 5 atom stereocenters. The number of hydrogen-bond donors (Lipinski definition) is 3. The lowest BCUT2D eigenvalue weighted by Gasteiger charge is -2.32. The summed E-state index contributed by atoms with van der Waals surface area (Å²) < 4.78 is 49.5. The molecule has 1 unspecified atom stereocenters. The summed E-state index contributed by atoms with van der Waals surface area (Å²) in [6.45, 7) is 0.124. The lowest BCUT2D eigenvalue weighted by molar-refractivity contribution is -0.226. The fourth-order valence-corrected chi connectivity index (χ4v) is 6.34. The number of hydrogen-bond acceptors (Lipinski definition) is 9. The Morgan fingerprint density at radius 1 is 1.00 bits per heavy atom. The van der Waals surface area contributed by atoms with E-state index in [1.807, 2.05) is 30.3 Å². The van der Waals surface area contributed by atoms with Gasteiger partial charge in [-0.25, -0.2) is 9.97 Å². The number of nitrogens with zero attached hydrogens (tertiary/aromatic N) is 4. The SMILES string of the molecule is COc1nc(-c2ccccc2)nc2c1ncn2[C@@H]1O[C@H](COc2cccc(CC[C@]3(O)c4ccccc4C(O)C3(F)F)c2)C[C@H]1O. The van der Waals surface area contributed by atoms with Crippen molar-refractivity contribution in [3.05, 3.63) is 102 Å². The molecule has 0 spiro atoms. The van der Waals surface area contributed by atoms with E-state index in [-0.39, 0.29) is 30.6 Å². The zero-order chi connectivity index (χ0) is 32.1. The third kappa shape index (κ3) is 5.07. The van der Waals surface area contributed by atoms with Crippen LogP contribution in [0.3, 0.4) is 0 Å². The predicted octanol–water partition coefficient (Wildman–Crippen LogP) is 4.73. The summed E-state index contributed by atoms with van der Waals surface area (Å²) in [6, 6.07) is 22.4. The number of fused-ring (bicyclic) bond motifs is 2. The summed E-state index contributed by atoms with van der Waals surface area (Å²) in [5, 5.41) is 32.3. The van der Waals surface area contributed by atoms with Crippen LogP contribution in [0.1, 0.15) is 41.9 Å². The first kappa shape index (κ1) is 30.2. The van der Waals surface area contributed by atoms with Crippen LogP contribution in [0.2, 0.25) is 0 Å². The summed E-state index contributed by atoms with van der Waals surface area (Å²) in [4.78, 5) is 13.6. The quantitative estimate of drug-likeness (QED) is 0.212. The summed E-state index contributed by atoms with van der Waals surface area (Å²) in [6.07, 6.45) is -2.53. The van der Waals surface area contributed by atoms with Crippen molar-refractivity contribution in [3.8, 4) is 23.0 Å². The highest BCUT2D eigenvalue weighted by molar-refractivity contribution is 5.79. The van der Waals surface area contributed by atoms with E-state index >= 15 is 8.78 Å². The molecule has 10 nitrogen and oxygen atoms in total. The van der Waals surface area contributed by atoms with Crippen LogP contribution < -0.4 is 9.47 Å². The van der Waals surface area contributed by atoms with E-state index in [1.165, 1.54) is 25.6 Å². The fraction of sp³-hybridized carbons (Fsp3) is 0.324. The average molecular weight is 631 g/mol. The number of benzene rings is 3. The predicted molar refractivity (Wildman–Crippen MR) is 162 cm³/mol. The molecule has 1 saturated heterocycles. The van der Waals surface area contributed by atoms with Crippen LogP contribution >= 0.6 is 0 Å². The van der Waals surface area contributed by atoms with Gasteiger partial charge in [-0.2, -0.15) is 13.8 Å². The number of halogens is 2. The second-order valence-electron chi connectivity index (χ2n) is 11.6. The van der Waals surface area contributed by atoms with Gasteiger partial charge >= 0.3 is 5.92 Å². The molecular formula is C34H32F2N4O6. The van der Waals surface area contributed by atoms with E-state index in [0.29, 0.717) is 40.6 Å². The Labute approximate surface area is 262 Å². The van der Waals surface area contributed by atoms with Crippen LogP contribution in [0.4, 0.5) is 8.78 Å². The van der Waals surface area contributed by atoms with Gasteiger partial charge < -0.3 is 29.5 Å². The largest absolute Gasteiger partial charge is 0.491 e. The molecule has 238 valence electrons. The third-order valence-corrected chi connectivity index (χ3v) is 8.76. The lowest BCUT2D eigenvalue weighted by atomic mass is 9.86. The van der Waals surface area contributed by atoms with E-state index in [0.717, 1.165) is 5.56 Å². The molecule has 2 aromatic heterocycles. The van der Waals surface area contributed by atoms with E-state index in [9.17, 15) is 15.3 Å². The number of alkyl halides is 2. The first-order valence-corrected chi connectivity index (χ1v) is 15.0. The van der Waals surface area contributed by atoms with Gasteiger partial charge in [0.2, 0.25) is 5.88 Å². The smallest absolute Gasteiger partial charge is 0.309 e. The molecule has 0 amide bonds. The molecule has 5 aromatic rings. The molecule has 1 aliphatic heterocycles. The van der Waals surface area contributed by atoms with Crippen molar-refractivity contribution in [2.45, 2.75) is 55.3 Å². The fourth-order valence-electron chi connectivity index (χ4n) is 6.34. The van der Waals surface area contributed by atoms with Gasteiger partial charge in [0.25, 0.3) is 0 Å². The van der Waals surface area contributed by atoms with Gasteiger partial charge in [0.15, 0.2) is 28.8 Å². The Bertz CT molecular complexity index is 1870. The molecule has 46 heavy (non-hydrogen) atoms. The normalized spacial score (nSPS) is 25.1. The monoisotopic (exact) mass is 630 g/mol. The van der Waals surface area contributed by atoms with Crippen molar-refractivity contribution in [1.82, 2.24) is 19.5 Å². The number of rotatable bonds is 9. The van der Waals surface area contributed by atoms with Gasteiger partial charge in [-0.05, 0) is 41.7 Å². The highest BCUT2D eigenvalue weighted by Gasteiger charge is 2.64. The van der Waals surface area contributed by atoms with Gasteiger partial charge in [-0.15, -0.1) is 0 Å². The van der Waals surface area contributed by atoms with Crippen LogP contribution in [0.5, 0.6) is 11.6 Å². The zero-order valence-corrected chi connectivity index (χ0v) is 24.8. The molecule has 0 bridgehead atoms. The Morgan fingerprint density at radius 2 is 1.78 bits per heavy atom. The average Bonchev–Trinajstić information content (AvgIpc) is 3.71. The van der Waals surface area contributed by atoms with Gasteiger partial charge in [0.1, 0.15) is 24.6 Å². The van der Waals surface area contributed by atoms with Crippen LogP contribution in [0, 0.1) is 0 Å². The second-order valence-corrected chi connectivity index (χ2v) is 11.6. The molecule has 0 saturated carbocycles. The number of imidazole rings is 1. The zero-order valence-electron chi connectivity index (χ0n) is 24.8. The Kier molecular flexibility index (Phi) is 7.68. The molecule has 1 aliphatic carbocycles. The first-order valence-electron chi connectivity index (χ1n) is 15.0. The molecule has 3 heterocycles. The maximum absolute atomic E-state index is 15.1. The highest BCUT2D eigenvalue weighted by Crippen LogP contribution is 2.56. The summed E-state index contributed by atoms with van der Waals surface area (Å²) in [7, 11) is 1.51. The van der Waals surface area contributed by atoms with E-state index < -0.39 is 36.1 Å². The van der Waals surface area contributed by atoms with Crippen LogP contribution in [-0.2, 0) is 16.8 Å².